The Labute approximate surface area is 200 Å². The summed E-state index contributed by atoms with van der Waals surface area (Å²) in [5.41, 5.74) is 0.958. The van der Waals surface area contributed by atoms with E-state index in [1.807, 2.05) is 0 Å². The predicted molar refractivity (Wildman–Crippen MR) is 128 cm³/mol. The van der Waals surface area contributed by atoms with Gasteiger partial charge in [0.2, 0.25) is 15.9 Å². The largest absolute Gasteiger partial charge is 0.311 e. The lowest BCUT2D eigenvalue weighted by Crippen LogP contribution is -2.39. The molecule has 182 valence electrons. The fraction of sp³-hybridized carbons (Fsp3) is 0.348. The quantitative estimate of drug-likeness (QED) is 0.389. The summed E-state index contributed by atoms with van der Waals surface area (Å²) in [6, 6.07) is 8.63. The number of rotatable bonds is 5. The highest BCUT2D eigenvalue weighted by molar-refractivity contribution is 7.89. The SMILES string of the molecule is O=C(Cn1cnc2cc([N+](=O)[O-])ccc2c1=O)N1CCCc2cc(S(=O)(=O)N3CCCC3)ccc21. The van der Waals surface area contributed by atoms with Gasteiger partial charge in [0.15, 0.2) is 0 Å². The number of hydrogen-bond donors (Lipinski definition) is 0. The molecule has 3 aromatic rings. The normalized spacial score (nSPS) is 16.4. The van der Waals surface area contributed by atoms with Crippen molar-refractivity contribution in [2.45, 2.75) is 37.1 Å². The first-order valence-corrected chi connectivity index (χ1v) is 12.8. The third kappa shape index (κ3) is 4.19. The molecule has 2 aromatic carbocycles. The number of fused-ring (bicyclic) bond motifs is 2. The van der Waals surface area contributed by atoms with Gasteiger partial charge in [-0.25, -0.2) is 13.4 Å². The molecular weight excluding hydrogens is 474 g/mol. The van der Waals surface area contributed by atoms with Crippen LogP contribution in [0.2, 0.25) is 0 Å². The van der Waals surface area contributed by atoms with Crippen molar-refractivity contribution >= 4 is 38.2 Å². The van der Waals surface area contributed by atoms with Crippen LogP contribution >= 0.6 is 0 Å². The molecule has 2 aliphatic rings. The van der Waals surface area contributed by atoms with Crippen molar-refractivity contribution in [3.05, 3.63) is 68.8 Å². The lowest BCUT2D eigenvalue weighted by molar-refractivity contribution is -0.384. The average Bonchev–Trinajstić information content (AvgIpc) is 3.41. The van der Waals surface area contributed by atoms with Gasteiger partial charge in [-0.15, -0.1) is 0 Å². The number of nitro benzene ring substituents is 1. The summed E-state index contributed by atoms with van der Waals surface area (Å²) < 4.78 is 28.6. The second-order valence-electron chi connectivity index (χ2n) is 8.69. The van der Waals surface area contributed by atoms with E-state index < -0.39 is 20.5 Å². The van der Waals surface area contributed by atoms with E-state index in [2.05, 4.69) is 4.98 Å². The van der Waals surface area contributed by atoms with Gasteiger partial charge in [0.25, 0.3) is 11.2 Å². The van der Waals surface area contributed by atoms with E-state index in [1.165, 1.54) is 39.5 Å². The van der Waals surface area contributed by atoms with E-state index in [0.717, 1.165) is 18.4 Å². The van der Waals surface area contributed by atoms with Gasteiger partial charge in [0.05, 0.1) is 27.0 Å². The first-order valence-electron chi connectivity index (χ1n) is 11.3. The zero-order valence-corrected chi connectivity index (χ0v) is 19.6. The molecule has 2 aliphatic heterocycles. The van der Waals surface area contributed by atoms with Crippen LogP contribution < -0.4 is 10.5 Å². The van der Waals surface area contributed by atoms with Crippen LogP contribution in [0.1, 0.15) is 24.8 Å². The summed E-state index contributed by atoms with van der Waals surface area (Å²) in [5.74, 6) is -0.328. The Morgan fingerprint density at radius 3 is 2.57 bits per heavy atom. The van der Waals surface area contributed by atoms with Crippen molar-refractivity contribution in [1.82, 2.24) is 13.9 Å². The van der Waals surface area contributed by atoms with Crippen molar-refractivity contribution in [2.24, 2.45) is 0 Å². The van der Waals surface area contributed by atoms with Gasteiger partial charge in [-0.2, -0.15) is 4.31 Å². The number of nitrogens with zero attached hydrogens (tertiary/aromatic N) is 5. The third-order valence-corrected chi connectivity index (χ3v) is 8.39. The van der Waals surface area contributed by atoms with Crippen molar-refractivity contribution in [3.8, 4) is 0 Å². The van der Waals surface area contributed by atoms with Gasteiger partial charge in [-0.1, -0.05) is 0 Å². The third-order valence-electron chi connectivity index (χ3n) is 6.50. The first-order chi connectivity index (χ1) is 16.8. The maximum atomic E-state index is 13.2. The smallest absolute Gasteiger partial charge is 0.271 e. The Hall–Kier alpha value is -3.64. The fourth-order valence-electron chi connectivity index (χ4n) is 4.67. The molecule has 5 rings (SSSR count). The Morgan fingerprint density at radius 1 is 1.06 bits per heavy atom. The predicted octanol–water partition coefficient (Wildman–Crippen LogP) is 2.07. The molecular formula is C23H23N5O6S. The minimum atomic E-state index is -3.56. The van der Waals surface area contributed by atoms with E-state index in [-0.39, 0.29) is 33.9 Å². The summed E-state index contributed by atoms with van der Waals surface area (Å²) in [4.78, 5) is 42.4. The monoisotopic (exact) mass is 497 g/mol. The van der Waals surface area contributed by atoms with Crippen LogP contribution in [-0.4, -0.2) is 52.7 Å². The Morgan fingerprint density at radius 2 is 1.83 bits per heavy atom. The molecule has 35 heavy (non-hydrogen) atoms. The van der Waals surface area contributed by atoms with Crippen LogP contribution in [0.3, 0.4) is 0 Å². The molecule has 1 saturated heterocycles. The molecule has 0 aliphatic carbocycles. The van der Waals surface area contributed by atoms with Gasteiger partial charge in [-0.05, 0) is 55.5 Å². The number of carbonyl (C=O) groups excluding carboxylic acids is 1. The molecule has 1 aromatic heterocycles. The topological polar surface area (TPSA) is 136 Å². The van der Waals surface area contributed by atoms with Crippen LogP contribution in [0.5, 0.6) is 0 Å². The molecule has 1 fully saturated rings. The molecule has 3 heterocycles. The summed E-state index contributed by atoms with van der Waals surface area (Å²) >= 11 is 0. The number of hydrogen-bond acceptors (Lipinski definition) is 7. The maximum Gasteiger partial charge on any atom is 0.271 e. The molecule has 0 radical (unpaired) electrons. The molecule has 0 unspecified atom stereocenters. The van der Waals surface area contributed by atoms with Crippen LogP contribution in [0, 0.1) is 10.1 Å². The molecule has 0 N–H and O–H groups in total. The van der Waals surface area contributed by atoms with Crippen LogP contribution in [0.25, 0.3) is 10.9 Å². The molecule has 0 bridgehead atoms. The van der Waals surface area contributed by atoms with E-state index in [9.17, 15) is 28.1 Å². The van der Waals surface area contributed by atoms with Crippen LogP contribution in [-0.2, 0) is 27.8 Å². The lowest BCUT2D eigenvalue weighted by atomic mass is 10.0. The molecule has 12 heteroatoms. The number of non-ortho nitro benzene ring substituents is 1. The summed E-state index contributed by atoms with van der Waals surface area (Å²) in [5, 5.41) is 11.2. The number of carbonyl (C=O) groups is 1. The molecule has 1 amide bonds. The number of amides is 1. The van der Waals surface area contributed by atoms with Gasteiger partial charge in [0.1, 0.15) is 6.54 Å². The highest BCUT2D eigenvalue weighted by Gasteiger charge is 2.30. The zero-order valence-electron chi connectivity index (χ0n) is 18.8. The summed E-state index contributed by atoms with van der Waals surface area (Å²) in [6.07, 6.45) is 4.24. The zero-order chi connectivity index (χ0) is 24.7. The van der Waals surface area contributed by atoms with Gasteiger partial charge >= 0.3 is 0 Å². The summed E-state index contributed by atoms with van der Waals surface area (Å²) in [7, 11) is -3.56. The first kappa shape index (κ1) is 23.1. The van der Waals surface area contributed by atoms with E-state index >= 15 is 0 Å². The molecule has 11 nitrogen and oxygen atoms in total. The Bertz CT molecular complexity index is 1510. The van der Waals surface area contributed by atoms with Gasteiger partial charge in [-0.3, -0.25) is 24.3 Å². The Kier molecular flexibility index (Phi) is 5.85. The van der Waals surface area contributed by atoms with Crippen molar-refractivity contribution in [2.75, 3.05) is 24.5 Å². The average molecular weight is 498 g/mol. The minimum absolute atomic E-state index is 0.172. The van der Waals surface area contributed by atoms with Crippen LogP contribution in [0.4, 0.5) is 11.4 Å². The van der Waals surface area contributed by atoms with Gasteiger partial charge < -0.3 is 4.90 Å². The second-order valence-corrected chi connectivity index (χ2v) is 10.6. The minimum Gasteiger partial charge on any atom is -0.311 e. The number of benzene rings is 2. The lowest BCUT2D eigenvalue weighted by Gasteiger charge is -2.30. The number of aromatic nitrogens is 2. The summed E-state index contributed by atoms with van der Waals surface area (Å²) in [6.45, 7) is 1.23. The van der Waals surface area contributed by atoms with E-state index in [4.69, 9.17) is 0 Å². The second kappa shape index (κ2) is 8.86. The number of aryl methyl sites for hydroxylation is 1. The van der Waals surface area contributed by atoms with E-state index in [1.54, 1.807) is 17.0 Å². The van der Waals surface area contributed by atoms with Crippen molar-refractivity contribution < 1.29 is 18.1 Å². The maximum absolute atomic E-state index is 13.2. The van der Waals surface area contributed by atoms with Gasteiger partial charge in [0, 0.05) is 37.5 Å². The molecule has 0 atom stereocenters. The highest BCUT2D eigenvalue weighted by Crippen LogP contribution is 2.31. The van der Waals surface area contributed by atoms with Crippen LogP contribution in [0.15, 0.2) is 52.4 Å². The standard InChI is InChI=1S/C23H23N5O6S/c29-22(14-25-15-24-20-13-17(28(31)32)5-7-19(20)23(25)30)27-11-3-4-16-12-18(6-8-21(16)27)35(33,34)26-9-1-2-10-26/h5-8,12-13,15H,1-4,9-11,14H2. The van der Waals surface area contributed by atoms with E-state index in [0.29, 0.717) is 38.2 Å². The molecule has 0 saturated carbocycles. The van der Waals surface area contributed by atoms with Crippen molar-refractivity contribution in [3.63, 3.8) is 0 Å². The highest BCUT2D eigenvalue weighted by atomic mass is 32.2. The van der Waals surface area contributed by atoms with Crippen molar-refractivity contribution in [1.29, 1.82) is 0 Å². The number of nitro groups is 1. The number of anilines is 1. The Balaban J connectivity index is 1.41. The fourth-order valence-corrected chi connectivity index (χ4v) is 6.24. The molecule has 0 spiro atoms. The number of sulfonamides is 1.